The van der Waals surface area contributed by atoms with Crippen molar-refractivity contribution in [3.63, 3.8) is 0 Å². The molecule has 1 aromatic carbocycles. The van der Waals surface area contributed by atoms with E-state index >= 15 is 0 Å². The van der Waals surface area contributed by atoms with Gasteiger partial charge in [0, 0.05) is 49.2 Å². The van der Waals surface area contributed by atoms with Crippen LogP contribution >= 0.6 is 11.3 Å². The molecule has 1 aliphatic rings. The van der Waals surface area contributed by atoms with Crippen LogP contribution in [0.25, 0.3) is 10.6 Å². The third kappa shape index (κ3) is 3.60. The van der Waals surface area contributed by atoms with Crippen molar-refractivity contribution in [2.24, 2.45) is 7.05 Å². The number of sulfonamides is 1. The largest absolute Gasteiger partial charge is 0.345 e. The van der Waals surface area contributed by atoms with E-state index in [9.17, 15) is 13.2 Å². The molecule has 9 heteroatoms. The summed E-state index contributed by atoms with van der Waals surface area (Å²) in [7, 11) is -1.88. The maximum absolute atomic E-state index is 12.7. The molecule has 1 saturated heterocycles. The molecule has 3 heterocycles. The summed E-state index contributed by atoms with van der Waals surface area (Å²) < 4.78 is 28.4. The molecule has 0 saturated carbocycles. The van der Waals surface area contributed by atoms with Gasteiger partial charge in [-0.15, -0.1) is 11.3 Å². The molecule has 0 aliphatic carbocycles. The van der Waals surface area contributed by atoms with Gasteiger partial charge >= 0.3 is 0 Å². The minimum absolute atomic E-state index is 0.154. The third-order valence-electron chi connectivity index (χ3n) is 4.74. The van der Waals surface area contributed by atoms with Crippen LogP contribution in [0.1, 0.15) is 23.3 Å². The number of hydrogen-bond acceptors (Lipinski definition) is 5. The van der Waals surface area contributed by atoms with Crippen LogP contribution in [-0.4, -0.2) is 41.3 Å². The molecule has 0 spiro atoms. The van der Waals surface area contributed by atoms with Gasteiger partial charge in [0.05, 0.1) is 0 Å². The van der Waals surface area contributed by atoms with E-state index in [4.69, 9.17) is 0 Å². The van der Waals surface area contributed by atoms with E-state index in [1.165, 1.54) is 16.6 Å². The second-order valence-electron chi connectivity index (χ2n) is 6.65. The molecule has 2 aromatic heterocycles. The SMILES string of the molecule is Cn1cc(S(=O)(=O)N2CCCC2)cc1C(=O)Nc1ccc(-c2nccs2)cc1. The molecule has 0 bridgehead atoms. The second kappa shape index (κ2) is 7.50. The van der Waals surface area contributed by atoms with Crippen molar-refractivity contribution >= 4 is 33.0 Å². The number of rotatable bonds is 5. The topological polar surface area (TPSA) is 84.3 Å². The Balaban J connectivity index is 1.51. The van der Waals surface area contributed by atoms with Crippen LogP contribution in [0.5, 0.6) is 0 Å². The molecule has 1 fully saturated rings. The van der Waals surface area contributed by atoms with Crippen LogP contribution in [0, 0.1) is 0 Å². The Morgan fingerprint density at radius 3 is 2.54 bits per heavy atom. The second-order valence-corrected chi connectivity index (χ2v) is 9.48. The summed E-state index contributed by atoms with van der Waals surface area (Å²) in [4.78, 5) is 17.1. The highest BCUT2D eigenvalue weighted by atomic mass is 32.2. The molecule has 1 N–H and O–H groups in total. The Hall–Kier alpha value is -2.49. The quantitative estimate of drug-likeness (QED) is 0.692. The molecule has 28 heavy (non-hydrogen) atoms. The molecule has 3 aromatic rings. The average molecular weight is 417 g/mol. The lowest BCUT2D eigenvalue weighted by atomic mass is 10.2. The van der Waals surface area contributed by atoms with Crippen molar-refractivity contribution in [1.82, 2.24) is 13.9 Å². The molecule has 4 rings (SSSR count). The molecule has 0 atom stereocenters. The Kier molecular flexibility index (Phi) is 5.05. The number of nitrogens with one attached hydrogen (secondary N) is 1. The zero-order valence-corrected chi connectivity index (χ0v) is 17.0. The molecule has 1 aliphatic heterocycles. The van der Waals surface area contributed by atoms with Gasteiger partial charge in [-0.3, -0.25) is 4.79 Å². The van der Waals surface area contributed by atoms with Gasteiger partial charge < -0.3 is 9.88 Å². The van der Waals surface area contributed by atoms with Crippen LogP contribution in [-0.2, 0) is 17.1 Å². The smallest absolute Gasteiger partial charge is 0.272 e. The highest BCUT2D eigenvalue weighted by Gasteiger charge is 2.29. The predicted molar refractivity (Wildman–Crippen MR) is 109 cm³/mol. The summed E-state index contributed by atoms with van der Waals surface area (Å²) in [5.41, 5.74) is 1.91. The fourth-order valence-electron chi connectivity index (χ4n) is 3.24. The van der Waals surface area contributed by atoms with Crippen molar-refractivity contribution in [2.75, 3.05) is 18.4 Å². The summed E-state index contributed by atoms with van der Waals surface area (Å²) in [5.74, 6) is -0.354. The first kappa shape index (κ1) is 18.9. The van der Waals surface area contributed by atoms with E-state index in [0.717, 1.165) is 23.4 Å². The number of hydrogen-bond donors (Lipinski definition) is 1. The van der Waals surface area contributed by atoms with Crippen LogP contribution in [0.3, 0.4) is 0 Å². The van der Waals surface area contributed by atoms with Gasteiger partial charge in [-0.1, -0.05) is 0 Å². The van der Waals surface area contributed by atoms with Gasteiger partial charge in [0.15, 0.2) is 0 Å². The van der Waals surface area contributed by atoms with Crippen molar-refractivity contribution in [2.45, 2.75) is 17.7 Å². The zero-order valence-electron chi connectivity index (χ0n) is 15.3. The Bertz CT molecular complexity index is 1080. The highest BCUT2D eigenvalue weighted by molar-refractivity contribution is 7.89. The van der Waals surface area contributed by atoms with Gasteiger partial charge in [0.2, 0.25) is 10.0 Å². The van der Waals surface area contributed by atoms with Crippen molar-refractivity contribution < 1.29 is 13.2 Å². The fraction of sp³-hybridized carbons (Fsp3) is 0.263. The van der Waals surface area contributed by atoms with E-state index < -0.39 is 10.0 Å². The lowest BCUT2D eigenvalue weighted by Gasteiger charge is -2.13. The number of anilines is 1. The number of nitrogens with zero attached hydrogens (tertiary/aromatic N) is 3. The van der Waals surface area contributed by atoms with Crippen LogP contribution in [0.4, 0.5) is 5.69 Å². The van der Waals surface area contributed by atoms with Gasteiger partial charge in [-0.05, 0) is 43.2 Å². The number of aryl methyl sites for hydroxylation is 1. The minimum Gasteiger partial charge on any atom is -0.345 e. The number of amides is 1. The third-order valence-corrected chi connectivity index (χ3v) is 7.42. The molecule has 0 radical (unpaired) electrons. The summed E-state index contributed by atoms with van der Waals surface area (Å²) in [6.45, 7) is 1.06. The van der Waals surface area contributed by atoms with E-state index in [1.807, 2.05) is 17.5 Å². The molecule has 1 amide bonds. The Labute approximate surface area is 167 Å². The van der Waals surface area contributed by atoms with Crippen LogP contribution in [0.15, 0.2) is 53.0 Å². The van der Waals surface area contributed by atoms with E-state index in [2.05, 4.69) is 10.3 Å². The van der Waals surface area contributed by atoms with Gasteiger partial charge in [0.1, 0.15) is 15.6 Å². The molecular weight excluding hydrogens is 396 g/mol. The van der Waals surface area contributed by atoms with Gasteiger partial charge in [0.25, 0.3) is 5.91 Å². The number of thiazole rings is 1. The molecule has 7 nitrogen and oxygen atoms in total. The zero-order chi connectivity index (χ0) is 19.7. The fourth-order valence-corrected chi connectivity index (χ4v) is 5.47. The lowest BCUT2D eigenvalue weighted by molar-refractivity contribution is 0.101. The number of carbonyl (C=O) groups is 1. The molecule has 0 unspecified atom stereocenters. The average Bonchev–Trinajstić information content (AvgIpc) is 3.44. The highest BCUT2D eigenvalue weighted by Crippen LogP contribution is 2.25. The van der Waals surface area contributed by atoms with Crippen molar-refractivity contribution in [3.8, 4) is 10.6 Å². The summed E-state index contributed by atoms with van der Waals surface area (Å²) >= 11 is 1.55. The first-order chi connectivity index (χ1) is 13.4. The maximum atomic E-state index is 12.7. The number of aromatic nitrogens is 2. The first-order valence-electron chi connectivity index (χ1n) is 8.93. The molecule has 146 valence electrons. The van der Waals surface area contributed by atoms with Crippen LogP contribution < -0.4 is 5.32 Å². The number of carbonyl (C=O) groups excluding carboxylic acids is 1. The van der Waals surface area contributed by atoms with Crippen molar-refractivity contribution in [3.05, 3.63) is 53.8 Å². The van der Waals surface area contributed by atoms with E-state index in [0.29, 0.717) is 24.5 Å². The normalized spacial score (nSPS) is 15.0. The maximum Gasteiger partial charge on any atom is 0.272 e. The van der Waals surface area contributed by atoms with Crippen molar-refractivity contribution in [1.29, 1.82) is 0 Å². The van der Waals surface area contributed by atoms with E-state index in [1.54, 1.807) is 41.3 Å². The van der Waals surface area contributed by atoms with Crippen LogP contribution in [0.2, 0.25) is 0 Å². The Morgan fingerprint density at radius 1 is 1.18 bits per heavy atom. The summed E-state index contributed by atoms with van der Waals surface area (Å²) in [5, 5.41) is 5.65. The molecular formula is C19H20N4O3S2. The summed E-state index contributed by atoms with van der Waals surface area (Å²) in [6, 6.07) is 8.83. The summed E-state index contributed by atoms with van der Waals surface area (Å²) in [6.07, 6.45) is 4.99. The van der Waals surface area contributed by atoms with Gasteiger partial charge in [-0.25, -0.2) is 13.4 Å². The lowest BCUT2D eigenvalue weighted by Crippen LogP contribution is -2.27. The first-order valence-corrected chi connectivity index (χ1v) is 11.2. The number of benzene rings is 1. The standard InChI is InChI=1S/C19H20N4O3S2/c1-22-13-16(28(25,26)23-9-2-3-10-23)12-17(22)18(24)21-15-6-4-14(5-7-15)19-20-8-11-27-19/h4-8,11-13H,2-3,9-10H2,1H3,(H,21,24). The predicted octanol–water partition coefficient (Wildman–Crippen LogP) is 3.19. The van der Waals surface area contributed by atoms with E-state index in [-0.39, 0.29) is 10.8 Å². The Morgan fingerprint density at radius 2 is 1.89 bits per heavy atom. The monoisotopic (exact) mass is 416 g/mol. The van der Waals surface area contributed by atoms with Gasteiger partial charge in [-0.2, -0.15) is 4.31 Å². The minimum atomic E-state index is -3.55.